The number of rotatable bonds is 6. The zero-order valence-electron chi connectivity index (χ0n) is 15.4. The third-order valence-corrected chi connectivity index (χ3v) is 4.76. The summed E-state index contributed by atoms with van der Waals surface area (Å²) in [6, 6.07) is 1.66. The van der Waals surface area contributed by atoms with Gasteiger partial charge in [-0.25, -0.2) is 14.8 Å². The predicted octanol–water partition coefficient (Wildman–Crippen LogP) is 0.408. The van der Waals surface area contributed by atoms with Gasteiger partial charge in [0.15, 0.2) is 0 Å². The zero-order valence-corrected chi connectivity index (χ0v) is 15.4. The van der Waals surface area contributed by atoms with Crippen molar-refractivity contribution in [1.82, 2.24) is 28.9 Å². The van der Waals surface area contributed by atoms with Crippen molar-refractivity contribution in [2.24, 2.45) is 0 Å². The van der Waals surface area contributed by atoms with E-state index in [1.165, 1.54) is 10.8 Å². The van der Waals surface area contributed by atoms with Crippen LogP contribution in [-0.2, 0) is 17.9 Å². The van der Waals surface area contributed by atoms with E-state index in [4.69, 9.17) is 0 Å². The first-order valence-corrected chi connectivity index (χ1v) is 8.99. The summed E-state index contributed by atoms with van der Waals surface area (Å²) in [6.45, 7) is 3.24. The van der Waals surface area contributed by atoms with Gasteiger partial charge in [-0.3, -0.25) is 9.36 Å². The number of nitrogens with zero attached hydrogens (tertiary/aromatic N) is 6. The number of piperidine rings is 1. The molecule has 2 aromatic heterocycles. The first-order valence-electron chi connectivity index (χ1n) is 8.99. The number of likely N-dealkylation sites (tertiary alicyclic amines) is 1. The van der Waals surface area contributed by atoms with Crippen molar-refractivity contribution in [3.05, 3.63) is 47.2 Å². The summed E-state index contributed by atoms with van der Waals surface area (Å²) < 4.78 is 3.54. The summed E-state index contributed by atoms with van der Waals surface area (Å²) in [4.78, 5) is 36.6. The van der Waals surface area contributed by atoms with E-state index in [-0.39, 0.29) is 18.4 Å². The second-order valence-corrected chi connectivity index (χ2v) is 6.99. The lowest BCUT2D eigenvalue weighted by atomic mass is 9.97. The van der Waals surface area contributed by atoms with Gasteiger partial charge in [0.05, 0.1) is 0 Å². The maximum atomic E-state index is 12.6. The molecule has 2 aromatic rings. The van der Waals surface area contributed by atoms with E-state index in [1.54, 1.807) is 12.3 Å². The van der Waals surface area contributed by atoms with E-state index in [2.05, 4.69) is 33.5 Å². The lowest BCUT2D eigenvalue weighted by Gasteiger charge is -2.33. The number of likely N-dealkylation sites (N-methyl/N-ethyl adjacent to an activating group) is 1. The molecule has 0 bridgehead atoms. The molecule has 0 radical (unpaired) electrons. The van der Waals surface area contributed by atoms with Crippen LogP contribution in [0.5, 0.6) is 0 Å². The Morgan fingerprint density at radius 3 is 2.85 bits per heavy atom. The van der Waals surface area contributed by atoms with Gasteiger partial charge in [0, 0.05) is 56.9 Å². The number of imidazole rings is 1. The first-order chi connectivity index (χ1) is 12.5. The van der Waals surface area contributed by atoms with Gasteiger partial charge in [0.25, 0.3) is 0 Å². The molecule has 8 nitrogen and oxygen atoms in total. The summed E-state index contributed by atoms with van der Waals surface area (Å²) in [5.74, 6) is 1.23. The molecule has 0 spiro atoms. The highest BCUT2D eigenvalue weighted by atomic mass is 16.2. The maximum Gasteiger partial charge on any atom is 0.347 e. The molecule has 140 valence electrons. The van der Waals surface area contributed by atoms with Crippen molar-refractivity contribution >= 4 is 5.91 Å². The minimum Gasteiger partial charge on any atom is -0.340 e. The van der Waals surface area contributed by atoms with Crippen LogP contribution in [0.25, 0.3) is 0 Å². The Labute approximate surface area is 153 Å². The maximum absolute atomic E-state index is 12.6. The minimum absolute atomic E-state index is 0.0362. The van der Waals surface area contributed by atoms with Gasteiger partial charge in [-0.1, -0.05) is 0 Å². The SMILES string of the molecule is CN(C)CCn1ccnc1[C@@H]1CCCN(C(=O)Cn2cccnc2=O)C1. The molecule has 1 aliphatic rings. The Hall–Kier alpha value is -2.48. The predicted molar refractivity (Wildman–Crippen MR) is 97.8 cm³/mol. The van der Waals surface area contributed by atoms with Gasteiger partial charge in [-0.2, -0.15) is 0 Å². The molecule has 0 N–H and O–H groups in total. The highest BCUT2D eigenvalue weighted by Crippen LogP contribution is 2.26. The molecule has 1 saturated heterocycles. The number of carbonyl (C=O) groups is 1. The summed E-state index contributed by atoms with van der Waals surface area (Å²) in [5.41, 5.74) is -0.395. The molecule has 1 atom stereocenters. The Bertz CT molecular complexity index is 797. The largest absolute Gasteiger partial charge is 0.347 e. The molecule has 0 saturated carbocycles. The van der Waals surface area contributed by atoms with E-state index in [1.807, 2.05) is 17.3 Å². The summed E-state index contributed by atoms with van der Waals surface area (Å²) in [5, 5.41) is 0. The van der Waals surface area contributed by atoms with Crippen molar-refractivity contribution in [1.29, 1.82) is 0 Å². The molecule has 3 heterocycles. The molecule has 8 heteroatoms. The fourth-order valence-corrected chi connectivity index (χ4v) is 3.35. The van der Waals surface area contributed by atoms with Crippen molar-refractivity contribution in [2.75, 3.05) is 33.7 Å². The van der Waals surface area contributed by atoms with E-state index in [9.17, 15) is 9.59 Å². The molecule has 1 fully saturated rings. The van der Waals surface area contributed by atoms with Gasteiger partial charge in [0.1, 0.15) is 12.4 Å². The van der Waals surface area contributed by atoms with Crippen LogP contribution in [0.2, 0.25) is 0 Å². The lowest BCUT2D eigenvalue weighted by Crippen LogP contribution is -2.42. The summed E-state index contributed by atoms with van der Waals surface area (Å²) in [6.07, 6.45) is 8.85. The van der Waals surface area contributed by atoms with Gasteiger partial charge >= 0.3 is 5.69 Å². The van der Waals surface area contributed by atoms with Gasteiger partial charge in [-0.15, -0.1) is 0 Å². The lowest BCUT2D eigenvalue weighted by molar-refractivity contribution is -0.133. The highest BCUT2D eigenvalue weighted by molar-refractivity contribution is 5.76. The van der Waals surface area contributed by atoms with Crippen molar-refractivity contribution < 1.29 is 4.79 Å². The molecule has 3 rings (SSSR count). The summed E-state index contributed by atoms with van der Waals surface area (Å²) in [7, 11) is 4.11. The fraction of sp³-hybridized carbons (Fsp3) is 0.556. The van der Waals surface area contributed by atoms with Gasteiger partial charge in [-0.05, 0) is 33.0 Å². The molecule has 1 aliphatic heterocycles. The van der Waals surface area contributed by atoms with Crippen molar-refractivity contribution in [2.45, 2.75) is 31.8 Å². The molecule has 26 heavy (non-hydrogen) atoms. The van der Waals surface area contributed by atoms with Gasteiger partial charge < -0.3 is 14.4 Å². The third-order valence-electron chi connectivity index (χ3n) is 4.76. The van der Waals surface area contributed by atoms with Crippen LogP contribution in [0.3, 0.4) is 0 Å². The zero-order chi connectivity index (χ0) is 18.5. The van der Waals surface area contributed by atoms with Crippen molar-refractivity contribution in [3.8, 4) is 0 Å². The fourth-order valence-electron chi connectivity index (χ4n) is 3.35. The van der Waals surface area contributed by atoms with Crippen LogP contribution in [0.1, 0.15) is 24.6 Å². The van der Waals surface area contributed by atoms with Crippen LogP contribution in [0.4, 0.5) is 0 Å². The van der Waals surface area contributed by atoms with Crippen molar-refractivity contribution in [3.63, 3.8) is 0 Å². The minimum atomic E-state index is -0.395. The number of amides is 1. The number of hydrogen-bond donors (Lipinski definition) is 0. The smallest absolute Gasteiger partial charge is 0.340 e. The number of carbonyl (C=O) groups excluding carboxylic acids is 1. The first kappa shape index (κ1) is 18.3. The van der Waals surface area contributed by atoms with E-state index in [0.29, 0.717) is 6.54 Å². The average Bonchev–Trinajstić information content (AvgIpc) is 3.10. The van der Waals surface area contributed by atoms with Crippen LogP contribution in [0, 0.1) is 0 Å². The molecule has 0 aliphatic carbocycles. The standard InChI is InChI=1S/C18H26N6O2/c1-21(2)11-12-22-10-7-19-17(22)15-5-3-8-23(13-15)16(25)14-24-9-4-6-20-18(24)26/h4,6-7,9-10,15H,3,5,8,11-14H2,1-2H3/t15-/m1/s1. The molecular weight excluding hydrogens is 332 g/mol. The molecule has 0 aromatic carbocycles. The Morgan fingerprint density at radius 1 is 1.23 bits per heavy atom. The second kappa shape index (κ2) is 8.27. The van der Waals surface area contributed by atoms with E-state index < -0.39 is 5.69 Å². The third kappa shape index (κ3) is 4.37. The average molecular weight is 358 g/mol. The number of hydrogen-bond acceptors (Lipinski definition) is 5. The molecule has 1 amide bonds. The quantitative estimate of drug-likeness (QED) is 0.747. The molecule has 0 unspecified atom stereocenters. The normalized spacial score (nSPS) is 17.7. The Morgan fingerprint density at radius 2 is 2.08 bits per heavy atom. The van der Waals surface area contributed by atoms with Crippen LogP contribution in [-0.4, -0.2) is 68.5 Å². The van der Waals surface area contributed by atoms with Crippen LogP contribution >= 0.6 is 0 Å². The molecular formula is C18H26N6O2. The van der Waals surface area contributed by atoms with Gasteiger partial charge in [0.2, 0.25) is 5.91 Å². The van der Waals surface area contributed by atoms with Crippen LogP contribution in [0.15, 0.2) is 35.6 Å². The summed E-state index contributed by atoms with van der Waals surface area (Å²) >= 11 is 0. The monoisotopic (exact) mass is 358 g/mol. The number of aromatic nitrogens is 4. The Balaban J connectivity index is 1.66. The second-order valence-electron chi connectivity index (χ2n) is 6.99. The van der Waals surface area contributed by atoms with E-state index in [0.717, 1.165) is 38.3 Å². The topological polar surface area (TPSA) is 76.3 Å². The highest BCUT2D eigenvalue weighted by Gasteiger charge is 2.27. The van der Waals surface area contributed by atoms with Crippen LogP contribution < -0.4 is 5.69 Å². The Kier molecular flexibility index (Phi) is 5.82. The van der Waals surface area contributed by atoms with E-state index >= 15 is 0 Å².